The quantitative estimate of drug-likeness (QED) is 0.569. The Morgan fingerprint density at radius 3 is 2.83 bits per heavy atom. The Bertz CT molecular complexity index is 452. The van der Waals surface area contributed by atoms with Crippen LogP contribution in [0.1, 0.15) is 31.2 Å². The largest absolute Gasteiger partial charge is 0.494 e. The summed E-state index contributed by atoms with van der Waals surface area (Å²) in [6.45, 7) is 0.508. The summed E-state index contributed by atoms with van der Waals surface area (Å²) in [5.41, 5.74) is 6.43. The summed E-state index contributed by atoms with van der Waals surface area (Å²) in [4.78, 5) is 10.3. The summed E-state index contributed by atoms with van der Waals surface area (Å²) < 4.78 is 5.46. The van der Waals surface area contributed by atoms with E-state index in [1.807, 2.05) is 6.07 Å². The van der Waals surface area contributed by atoms with E-state index in [1.165, 1.54) is 0 Å². The molecular weight excluding hydrogens is 232 g/mol. The third-order valence-electron chi connectivity index (χ3n) is 2.45. The van der Waals surface area contributed by atoms with Crippen molar-refractivity contribution in [1.82, 2.24) is 0 Å². The van der Waals surface area contributed by atoms with Crippen LogP contribution in [0.4, 0.5) is 5.69 Å². The lowest BCUT2D eigenvalue weighted by molar-refractivity contribution is -0.137. The molecule has 0 heterocycles. The fourth-order valence-electron chi connectivity index (χ4n) is 1.47. The van der Waals surface area contributed by atoms with Crippen LogP contribution in [-0.4, -0.2) is 17.7 Å². The zero-order valence-electron chi connectivity index (χ0n) is 10.1. The first-order valence-electron chi connectivity index (χ1n) is 5.77. The van der Waals surface area contributed by atoms with Crippen LogP contribution in [-0.2, 0) is 4.79 Å². The number of benzene rings is 1. The molecule has 0 fully saturated rings. The number of carboxylic acid groups (broad SMARTS) is 1. The number of nitrogen functional groups attached to an aromatic ring is 1. The van der Waals surface area contributed by atoms with Gasteiger partial charge in [-0.1, -0.05) is 0 Å². The van der Waals surface area contributed by atoms with E-state index in [1.54, 1.807) is 18.2 Å². The molecule has 0 bridgehead atoms. The first-order chi connectivity index (χ1) is 8.63. The Hall–Kier alpha value is -2.22. The highest BCUT2D eigenvalue weighted by molar-refractivity contribution is 5.66. The second kappa shape index (κ2) is 7.17. The van der Waals surface area contributed by atoms with E-state index in [2.05, 4.69) is 0 Å². The van der Waals surface area contributed by atoms with Gasteiger partial charge in [-0.3, -0.25) is 4.79 Å². The van der Waals surface area contributed by atoms with Gasteiger partial charge in [-0.05, 0) is 37.5 Å². The van der Waals surface area contributed by atoms with Crippen molar-refractivity contribution in [3.8, 4) is 11.8 Å². The molecule has 0 aromatic heterocycles. The minimum Gasteiger partial charge on any atom is -0.494 e. The van der Waals surface area contributed by atoms with Crippen molar-refractivity contribution in [2.75, 3.05) is 12.3 Å². The van der Waals surface area contributed by atoms with Gasteiger partial charge in [0.25, 0.3) is 0 Å². The highest BCUT2D eigenvalue weighted by atomic mass is 16.5. The number of nitrogens with two attached hydrogens (primary N) is 1. The Kier molecular flexibility index (Phi) is 5.52. The Morgan fingerprint density at radius 2 is 2.17 bits per heavy atom. The molecule has 5 nitrogen and oxygen atoms in total. The van der Waals surface area contributed by atoms with Gasteiger partial charge in [-0.2, -0.15) is 5.26 Å². The lowest BCUT2D eigenvalue weighted by Crippen LogP contribution is -2.00. The molecule has 5 heteroatoms. The van der Waals surface area contributed by atoms with Crippen LogP contribution in [0, 0.1) is 11.3 Å². The molecule has 0 aliphatic rings. The molecule has 0 saturated heterocycles. The number of hydrogen-bond acceptors (Lipinski definition) is 4. The van der Waals surface area contributed by atoms with Crippen molar-refractivity contribution in [2.45, 2.75) is 25.7 Å². The standard InChI is InChI=1S/C13H16N2O3/c14-9-10-8-11(5-6-12(10)15)18-7-3-1-2-4-13(16)17/h5-6,8H,1-4,7,15H2,(H,16,17). The summed E-state index contributed by atoms with van der Waals surface area (Å²) in [7, 11) is 0. The van der Waals surface area contributed by atoms with Gasteiger partial charge in [-0.25, -0.2) is 0 Å². The smallest absolute Gasteiger partial charge is 0.303 e. The van der Waals surface area contributed by atoms with Crippen LogP contribution >= 0.6 is 0 Å². The fraction of sp³-hybridized carbons (Fsp3) is 0.385. The molecule has 1 aromatic rings. The van der Waals surface area contributed by atoms with E-state index in [9.17, 15) is 4.79 Å². The third-order valence-corrected chi connectivity index (χ3v) is 2.45. The molecule has 0 aliphatic heterocycles. The normalized spacial score (nSPS) is 9.72. The number of carboxylic acids is 1. The molecule has 1 rings (SSSR count). The minimum absolute atomic E-state index is 0.195. The number of carbonyl (C=O) groups is 1. The van der Waals surface area contributed by atoms with Crippen LogP contribution in [0.2, 0.25) is 0 Å². The van der Waals surface area contributed by atoms with Crippen molar-refractivity contribution in [3.63, 3.8) is 0 Å². The van der Waals surface area contributed by atoms with Gasteiger partial charge in [0.15, 0.2) is 0 Å². The maximum Gasteiger partial charge on any atom is 0.303 e. The van der Waals surface area contributed by atoms with E-state index >= 15 is 0 Å². The number of unbranched alkanes of at least 4 members (excludes halogenated alkanes) is 2. The molecule has 0 unspecified atom stereocenters. The Labute approximate surface area is 106 Å². The average Bonchev–Trinajstić information content (AvgIpc) is 2.35. The molecule has 1 aromatic carbocycles. The van der Waals surface area contributed by atoms with Crippen LogP contribution in [0.5, 0.6) is 5.75 Å². The molecule has 3 N–H and O–H groups in total. The monoisotopic (exact) mass is 248 g/mol. The maximum absolute atomic E-state index is 10.3. The molecule has 0 saturated carbocycles. The minimum atomic E-state index is -0.770. The van der Waals surface area contributed by atoms with E-state index in [-0.39, 0.29) is 6.42 Å². The number of anilines is 1. The zero-order valence-corrected chi connectivity index (χ0v) is 10.1. The number of ether oxygens (including phenoxy) is 1. The average molecular weight is 248 g/mol. The van der Waals surface area contributed by atoms with Crippen molar-refractivity contribution < 1.29 is 14.6 Å². The van der Waals surface area contributed by atoms with Gasteiger partial charge in [0.1, 0.15) is 11.8 Å². The number of hydrogen-bond donors (Lipinski definition) is 2. The first kappa shape index (κ1) is 13.8. The SMILES string of the molecule is N#Cc1cc(OCCCCCC(=O)O)ccc1N. The van der Waals surface area contributed by atoms with Crippen LogP contribution < -0.4 is 10.5 Å². The van der Waals surface area contributed by atoms with Crippen molar-refractivity contribution >= 4 is 11.7 Å². The van der Waals surface area contributed by atoms with Crippen molar-refractivity contribution in [3.05, 3.63) is 23.8 Å². The number of nitrogens with zero attached hydrogens (tertiary/aromatic N) is 1. The van der Waals surface area contributed by atoms with Gasteiger partial charge in [-0.15, -0.1) is 0 Å². The topological polar surface area (TPSA) is 96.3 Å². The van der Waals surface area contributed by atoms with Gasteiger partial charge >= 0.3 is 5.97 Å². The van der Waals surface area contributed by atoms with Crippen molar-refractivity contribution in [2.24, 2.45) is 0 Å². The van der Waals surface area contributed by atoms with Crippen LogP contribution in [0.25, 0.3) is 0 Å². The number of rotatable bonds is 7. The van der Waals surface area contributed by atoms with Crippen molar-refractivity contribution in [1.29, 1.82) is 5.26 Å². The summed E-state index contributed by atoms with van der Waals surface area (Å²) in [5.74, 6) is -0.160. The predicted molar refractivity (Wildman–Crippen MR) is 67.2 cm³/mol. The van der Waals surface area contributed by atoms with Gasteiger partial charge in [0.05, 0.1) is 12.2 Å². The highest BCUT2D eigenvalue weighted by Gasteiger charge is 2.01. The Balaban J connectivity index is 2.28. The highest BCUT2D eigenvalue weighted by Crippen LogP contribution is 2.19. The van der Waals surface area contributed by atoms with Gasteiger partial charge in [0.2, 0.25) is 0 Å². The molecule has 0 spiro atoms. The number of nitriles is 1. The van der Waals surface area contributed by atoms with E-state index in [0.717, 1.165) is 12.8 Å². The van der Waals surface area contributed by atoms with Gasteiger partial charge in [0, 0.05) is 12.1 Å². The van der Waals surface area contributed by atoms with Crippen LogP contribution in [0.3, 0.4) is 0 Å². The van der Waals surface area contributed by atoms with E-state index in [4.69, 9.17) is 20.8 Å². The van der Waals surface area contributed by atoms with E-state index < -0.39 is 5.97 Å². The summed E-state index contributed by atoms with van der Waals surface area (Å²) in [5, 5.41) is 17.3. The first-order valence-corrected chi connectivity index (χ1v) is 5.77. The van der Waals surface area contributed by atoms with Gasteiger partial charge < -0.3 is 15.6 Å². The number of aliphatic carboxylic acids is 1. The predicted octanol–water partition coefficient (Wildman–Crippen LogP) is 2.16. The molecule has 18 heavy (non-hydrogen) atoms. The lowest BCUT2D eigenvalue weighted by atomic mass is 10.2. The summed E-state index contributed by atoms with van der Waals surface area (Å²) in [6, 6.07) is 6.95. The second-order valence-electron chi connectivity index (χ2n) is 3.91. The lowest BCUT2D eigenvalue weighted by Gasteiger charge is -2.07. The summed E-state index contributed by atoms with van der Waals surface area (Å²) >= 11 is 0. The maximum atomic E-state index is 10.3. The molecule has 96 valence electrons. The fourth-order valence-corrected chi connectivity index (χ4v) is 1.47. The molecule has 0 aliphatic carbocycles. The zero-order chi connectivity index (χ0) is 13.4. The van der Waals surface area contributed by atoms with E-state index in [0.29, 0.717) is 30.0 Å². The molecular formula is C13H16N2O3. The summed E-state index contributed by atoms with van der Waals surface area (Å²) in [6.07, 6.45) is 2.45. The Morgan fingerprint density at radius 1 is 1.39 bits per heavy atom. The molecule has 0 radical (unpaired) electrons. The third kappa shape index (κ3) is 4.74. The second-order valence-corrected chi connectivity index (χ2v) is 3.91. The molecule has 0 amide bonds. The van der Waals surface area contributed by atoms with Crippen LogP contribution in [0.15, 0.2) is 18.2 Å². The molecule has 0 atom stereocenters.